The van der Waals surface area contributed by atoms with Crippen LogP contribution in [0.3, 0.4) is 0 Å². The van der Waals surface area contributed by atoms with Gasteiger partial charge in [0.2, 0.25) is 0 Å². The van der Waals surface area contributed by atoms with Gasteiger partial charge in [-0.05, 0) is 21.0 Å². The summed E-state index contributed by atoms with van der Waals surface area (Å²) >= 11 is 1.33. The molecule has 0 bridgehead atoms. The predicted octanol–water partition coefficient (Wildman–Crippen LogP) is -4.10. The van der Waals surface area contributed by atoms with Crippen LogP contribution in [0.5, 0.6) is 0 Å². The van der Waals surface area contributed by atoms with Gasteiger partial charge >= 0.3 is 47.8 Å². The molecule has 0 saturated carbocycles. The van der Waals surface area contributed by atoms with Crippen LogP contribution < -0.4 is 13.0 Å². The second-order valence-corrected chi connectivity index (χ2v) is 10.9. The van der Waals surface area contributed by atoms with Crippen molar-refractivity contribution in [3.05, 3.63) is 0 Å². The van der Waals surface area contributed by atoms with Crippen LogP contribution in [0.1, 0.15) is 0 Å². The Kier molecular flexibility index (Phi) is 4.02. The summed E-state index contributed by atoms with van der Waals surface area (Å²) in [5.41, 5.74) is 0. The lowest BCUT2D eigenvalue weighted by Gasteiger charge is -2.04. The van der Waals surface area contributed by atoms with Gasteiger partial charge < -0.3 is 9.15 Å². The fraction of sp³-hybridized carbons (Fsp3) is 0.250. The zero-order chi connectivity index (χ0) is 9.26. The van der Waals surface area contributed by atoms with E-state index in [1.807, 2.05) is 0 Å². The van der Waals surface area contributed by atoms with E-state index >= 15 is 0 Å². The first-order valence-electron chi connectivity index (χ1n) is 3.92. The highest BCUT2D eigenvalue weighted by Gasteiger charge is 2.22. The molecule has 66 valence electrons. The highest BCUT2D eigenvalue weighted by atomic mass is 127. The molecule has 0 aliphatic carbocycles. The first kappa shape index (κ1) is 10.8. The van der Waals surface area contributed by atoms with Gasteiger partial charge in [0.1, 0.15) is 9.51 Å². The molecule has 2 rings (SSSR count). The van der Waals surface area contributed by atoms with Crippen LogP contribution in [0.4, 0.5) is 0 Å². The summed E-state index contributed by atoms with van der Waals surface area (Å²) in [7, 11) is 0. The first-order chi connectivity index (χ1) is 6.24. The Morgan fingerprint density at radius 1 is 1.46 bits per heavy atom. The molecule has 1 N–H and O–H groups in total. The minimum absolute atomic E-state index is 0.00744. The molecular weight excluding hydrogens is 330 g/mol. The van der Waals surface area contributed by atoms with Gasteiger partial charge in [-0.1, -0.05) is 0 Å². The van der Waals surface area contributed by atoms with E-state index in [2.05, 4.69) is 13.7 Å². The third kappa shape index (κ3) is 3.11. The van der Waals surface area contributed by atoms with Gasteiger partial charge in [0.05, 0.1) is 5.09 Å². The third-order valence-electron chi connectivity index (χ3n) is 1.54. The number of aromatic nitrogens is 2. The molecule has 1 atom stereocenters. The molecule has 0 aromatic carbocycles. The van der Waals surface area contributed by atoms with Crippen molar-refractivity contribution >= 4 is 80.9 Å². The Hall–Kier alpha value is 1.26. The Morgan fingerprint density at radius 3 is 2.85 bits per heavy atom. The molecule has 1 aromatic heterocycles. The number of hydrogen-bond acceptors (Lipinski definition) is 5. The molecule has 5 nitrogen and oxygen atoms in total. The average Bonchev–Trinajstić information content (AvgIpc) is 2.62. The minimum Gasteiger partial charge on any atom is -0.466 e. The van der Waals surface area contributed by atoms with Crippen molar-refractivity contribution in [2.75, 3.05) is 0 Å². The molecule has 0 spiro atoms. The molecule has 1 unspecified atom stereocenters. The van der Waals surface area contributed by atoms with E-state index in [0.717, 1.165) is 42.1 Å². The topological polar surface area (TPSA) is 60.2 Å². The van der Waals surface area contributed by atoms with Gasteiger partial charge in [-0.2, -0.15) is 0 Å². The molecule has 1 aliphatic heterocycles. The van der Waals surface area contributed by atoms with Crippen LogP contribution in [0.2, 0.25) is 0 Å². The maximum atomic E-state index is 5.64. The van der Waals surface area contributed by atoms with E-state index in [1.54, 1.807) is 0 Å². The van der Waals surface area contributed by atoms with Gasteiger partial charge in [-0.25, -0.2) is 0 Å². The average molecular weight is 337 g/mol. The molecule has 9 heteroatoms. The number of halogens is 1. The largest absolute Gasteiger partial charge is 0.466 e. The summed E-state index contributed by atoms with van der Waals surface area (Å²) in [6.07, 6.45) is 0. The number of nitrogens with zero attached hydrogens (tertiary/aromatic N) is 2. The van der Waals surface area contributed by atoms with E-state index in [0.29, 0.717) is 0 Å². The Bertz CT molecular complexity index is 343. The van der Waals surface area contributed by atoms with E-state index in [1.165, 1.54) is 2.56 Å². The highest BCUT2D eigenvalue weighted by molar-refractivity contribution is 14.2. The van der Waals surface area contributed by atoms with Crippen molar-refractivity contribution in [2.45, 2.75) is 5.09 Å². The zero-order valence-electron chi connectivity index (χ0n) is 7.37. The predicted molar refractivity (Wildman–Crippen MR) is 64.8 cm³/mol. The van der Waals surface area contributed by atoms with Crippen molar-refractivity contribution in [2.24, 2.45) is 0 Å². The second-order valence-electron chi connectivity index (χ2n) is 2.70. The summed E-state index contributed by atoms with van der Waals surface area (Å²) in [4.78, 5) is 0. The van der Waals surface area contributed by atoms with E-state index in [4.69, 9.17) is 9.15 Å². The monoisotopic (exact) mass is 337 g/mol. The standard InChI is InChI=1S/C2H2INO.C2N2O.3Al.5H/c2*1-3-4-2-5-1;;;;;;;;/h2,4H;;;;;;;;;. The molecule has 0 radical (unpaired) electrons. The quantitative estimate of drug-likeness (QED) is 0.338. The number of nitrogens with one attached hydrogen (secondary N) is 1. The van der Waals surface area contributed by atoms with Crippen molar-refractivity contribution < 1.29 is 9.15 Å². The molecule has 0 amide bonds. The summed E-state index contributed by atoms with van der Waals surface area (Å²) < 4.78 is 17.3. The summed E-state index contributed by atoms with van der Waals surface area (Å²) in [5, 5.41) is 8.09. The molecule has 0 fully saturated rings. The molecule has 1 aromatic rings. The Balaban J connectivity index is 1.93. The SMILES string of the molecule is [AlH2][C]1=IN[CH]([AlH][c]2nn[c]([AlH2])o2)O1. The smallest absolute Gasteiger partial charge is 0.441 e. The van der Waals surface area contributed by atoms with E-state index in [-0.39, 0.29) is 26.1 Å². The summed E-state index contributed by atoms with van der Waals surface area (Å²) in [6.45, 7) is 0. The number of hydrogen-bond donors (Lipinski definition) is 1. The van der Waals surface area contributed by atoms with Crippen LogP contribution >= 0.6 is 21.0 Å². The van der Waals surface area contributed by atoms with Gasteiger partial charge in [-0.15, -0.1) is 10.2 Å². The van der Waals surface area contributed by atoms with Crippen LogP contribution in [-0.2, 0) is 4.74 Å². The fourth-order valence-corrected chi connectivity index (χ4v) is 7.05. The first-order valence-corrected chi connectivity index (χ1v) is 9.60. The van der Waals surface area contributed by atoms with Crippen molar-refractivity contribution in [3.63, 3.8) is 0 Å². The highest BCUT2D eigenvalue weighted by Crippen LogP contribution is 2.06. The minimum atomic E-state index is -0.568. The molecule has 0 saturated heterocycles. The normalized spacial score (nSPS) is 22.2. The van der Waals surface area contributed by atoms with Gasteiger partial charge in [0.15, 0.2) is 0 Å². The molecular formula is C4H7Al3IN3O2. The maximum absolute atomic E-state index is 5.64. The van der Waals surface area contributed by atoms with Crippen LogP contribution in [-0.4, -0.2) is 65.6 Å². The number of rotatable bonds is 2. The van der Waals surface area contributed by atoms with Crippen molar-refractivity contribution in [1.29, 1.82) is 0 Å². The van der Waals surface area contributed by atoms with Gasteiger partial charge in [0.25, 0.3) is 0 Å². The van der Waals surface area contributed by atoms with Crippen molar-refractivity contribution in [3.8, 4) is 0 Å². The lowest BCUT2D eigenvalue weighted by molar-refractivity contribution is 0.283. The Labute approximate surface area is 108 Å². The summed E-state index contributed by atoms with van der Waals surface area (Å²) in [6, 6.07) is 0. The molecule has 13 heavy (non-hydrogen) atoms. The van der Waals surface area contributed by atoms with Crippen LogP contribution in [0.15, 0.2) is 4.42 Å². The lowest BCUT2D eigenvalue weighted by atomic mass is 11.3. The van der Waals surface area contributed by atoms with Crippen LogP contribution in [0, 0.1) is 0 Å². The molecule has 1 aliphatic rings. The third-order valence-corrected chi connectivity index (χ3v) is 7.68. The summed E-state index contributed by atoms with van der Waals surface area (Å²) in [5.74, 6) is 0. The fourth-order valence-electron chi connectivity index (χ4n) is 1.04. The zero-order valence-corrected chi connectivity index (χ0v) is 14.9. The Morgan fingerprint density at radius 2 is 2.31 bits per heavy atom. The lowest BCUT2D eigenvalue weighted by Crippen LogP contribution is -2.36. The number of ether oxygens (including phenoxy) is 1. The van der Waals surface area contributed by atoms with Crippen LogP contribution in [0.25, 0.3) is 0 Å². The maximum Gasteiger partial charge on any atom is 0.441 e. The molecule has 2 heterocycles. The van der Waals surface area contributed by atoms with Gasteiger partial charge in [0, 0.05) is 2.56 Å². The van der Waals surface area contributed by atoms with E-state index < -0.39 is 15.2 Å². The second kappa shape index (κ2) is 4.85. The van der Waals surface area contributed by atoms with Crippen molar-refractivity contribution in [1.82, 2.24) is 13.7 Å². The van der Waals surface area contributed by atoms with E-state index in [9.17, 15) is 0 Å². The van der Waals surface area contributed by atoms with Gasteiger partial charge in [-0.3, -0.25) is 3.53 Å².